The first-order chi connectivity index (χ1) is 14.9. The van der Waals surface area contributed by atoms with Gasteiger partial charge in [0.2, 0.25) is 10.0 Å². The number of amides is 1. The van der Waals surface area contributed by atoms with Crippen molar-refractivity contribution in [3.05, 3.63) is 83.9 Å². The Bertz CT molecular complexity index is 1490. The Balaban J connectivity index is 1.48. The highest BCUT2D eigenvalue weighted by Crippen LogP contribution is 2.31. The molecule has 154 valence electrons. The third-order valence-electron chi connectivity index (χ3n) is 5.33. The second-order valence-corrected chi connectivity index (χ2v) is 8.90. The van der Waals surface area contributed by atoms with Crippen LogP contribution in [0, 0.1) is 0 Å². The van der Waals surface area contributed by atoms with Crippen LogP contribution in [0.3, 0.4) is 0 Å². The van der Waals surface area contributed by atoms with E-state index in [1.54, 1.807) is 18.2 Å². The molecule has 1 aromatic heterocycles. The minimum Gasteiger partial charge on any atom is -0.322 e. The van der Waals surface area contributed by atoms with E-state index in [9.17, 15) is 13.2 Å². The Morgan fingerprint density at radius 2 is 1.87 bits per heavy atom. The maximum Gasteiger partial charge on any atom is 0.255 e. The summed E-state index contributed by atoms with van der Waals surface area (Å²) in [7, 11) is -3.83. The first-order valence-electron chi connectivity index (χ1n) is 9.61. The van der Waals surface area contributed by atoms with Gasteiger partial charge in [0.1, 0.15) is 5.69 Å². The van der Waals surface area contributed by atoms with Crippen LogP contribution in [0.15, 0.2) is 77.7 Å². The molecule has 4 N–H and O–H groups in total. The van der Waals surface area contributed by atoms with Gasteiger partial charge in [-0.25, -0.2) is 13.6 Å². The summed E-state index contributed by atoms with van der Waals surface area (Å²) in [5.74, 6) is -0.175. The lowest BCUT2D eigenvalue weighted by Gasteiger charge is -2.08. The van der Waals surface area contributed by atoms with E-state index >= 15 is 0 Å². The highest BCUT2D eigenvalue weighted by Gasteiger charge is 2.20. The largest absolute Gasteiger partial charge is 0.322 e. The van der Waals surface area contributed by atoms with Crippen LogP contribution in [0.2, 0.25) is 0 Å². The fourth-order valence-corrected chi connectivity index (χ4v) is 4.39. The molecule has 0 bridgehead atoms. The summed E-state index contributed by atoms with van der Waals surface area (Å²) in [6.45, 7) is 0. The van der Waals surface area contributed by atoms with Gasteiger partial charge < -0.3 is 5.32 Å². The summed E-state index contributed by atoms with van der Waals surface area (Å²) in [6, 6.07) is 19.6. The molecule has 1 aliphatic rings. The van der Waals surface area contributed by atoms with Gasteiger partial charge >= 0.3 is 0 Å². The maximum atomic E-state index is 12.9. The first kappa shape index (κ1) is 19.2. The SMILES string of the molecule is NS(=O)(=O)c1cccc(-c2n[nH]c3ccc(NC(=O)C4=CCc5ccccc54)cc23)c1. The number of aromatic nitrogens is 2. The number of nitrogens with one attached hydrogen (secondary N) is 2. The molecule has 1 heterocycles. The van der Waals surface area contributed by atoms with Gasteiger partial charge in [-0.15, -0.1) is 0 Å². The molecule has 0 saturated heterocycles. The molecule has 3 aromatic carbocycles. The normalized spacial score (nSPS) is 13.1. The molecule has 0 atom stereocenters. The molecule has 0 fully saturated rings. The van der Waals surface area contributed by atoms with Crippen LogP contribution in [0.5, 0.6) is 0 Å². The maximum absolute atomic E-state index is 12.9. The van der Waals surface area contributed by atoms with Crippen LogP contribution in [-0.4, -0.2) is 24.5 Å². The minimum atomic E-state index is -3.83. The van der Waals surface area contributed by atoms with Gasteiger partial charge in [0, 0.05) is 22.2 Å². The number of carbonyl (C=O) groups is 1. The average molecular weight is 430 g/mol. The van der Waals surface area contributed by atoms with E-state index in [2.05, 4.69) is 15.5 Å². The van der Waals surface area contributed by atoms with Crippen molar-refractivity contribution in [2.75, 3.05) is 5.32 Å². The minimum absolute atomic E-state index is 0.0115. The molecule has 5 rings (SSSR count). The summed E-state index contributed by atoms with van der Waals surface area (Å²) < 4.78 is 23.4. The van der Waals surface area contributed by atoms with Crippen LogP contribution >= 0.6 is 0 Å². The van der Waals surface area contributed by atoms with Crippen molar-refractivity contribution in [3.8, 4) is 11.3 Å². The van der Waals surface area contributed by atoms with E-state index in [1.165, 1.54) is 12.1 Å². The second kappa shape index (κ2) is 7.19. The first-order valence-corrected chi connectivity index (χ1v) is 11.2. The van der Waals surface area contributed by atoms with E-state index in [1.807, 2.05) is 42.5 Å². The van der Waals surface area contributed by atoms with Crippen LogP contribution in [0.4, 0.5) is 5.69 Å². The van der Waals surface area contributed by atoms with Crippen molar-refractivity contribution >= 4 is 38.1 Å². The number of hydrogen-bond donors (Lipinski definition) is 3. The van der Waals surface area contributed by atoms with Gasteiger partial charge in [-0.2, -0.15) is 5.10 Å². The molecule has 0 unspecified atom stereocenters. The molecule has 31 heavy (non-hydrogen) atoms. The monoisotopic (exact) mass is 430 g/mol. The van der Waals surface area contributed by atoms with E-state index in [0.717, 1.165) is 28.5 Å². The predicted octanol–water partition coefficient (Wildman–Crippen LogP) is 3.46. The number of benzene rings is 3. The number of primary sulfonamides is 1. The topological polar surface area (TPSA) is 118 Å². The number of carbonyl (C=O) groups excluding carboxylic acids is 1. The van der Waals surface area contributed by atoms with E-state index < -0.39 is 10.0 Å². The van der Waals surface area contributed by atoms with E-state index in [-0.39, 0.29) is 10.8 Å². The predicted molar refractivity (Wildman–Crippen MR) is 120 cm³/mol. The molecule has 0 saturated carbocycles. The highest BCUT2D eigenvalue weighted by atomic mass is 32.2. The van der Waals surface area contributed by atoms with Crippen LogP contribution in [0.1, 0.15) is 11.1 Å². The Morgan fingerprint density at radius 1 is 1.03 bits per heavy atom. The number of hydrogen-bond acceptors (Lipinski definition) is 4. The van der Waals surface area contributed by atoms with Gasteiger partial charge in [0.05, 0.1) is 10.4 Å². The zero-order chi connectivity index (χ0) is 21.6. The fraction of sp³-hybridized carbons (Fsp3) is 0.0435. The van der Waals surface area contributed by atoms with Crippen molar-refractivity contribution in [3.63, 3.8) is 0 Å². The fourth-order valence-electron chi connectivity index (χ4n) is 3.83. The Morgan fingerprint density at radius 3 is 2.71 bits per heavy atom. The summed E-state index contributed by atoms with van der Waals surface area (Å²) in [6.07, 6.45) is 2.67. The van der Waals surface area contributed by atoms with Crippen molar-refractivity contribution in [2.24, 2.45) is 5.14 Å². The summed E-state index contributed by atoms with van der Waals surface area (Å²) in [5.41, 5.74) is 5.30. The molecular weight excluding hydrogens is 412 g/mol. The summed E-state index contributed by atoms with van der Waals surface area (Å²) >= 11 is 0. The number of allylic oxidation sites excluding steroid dienone is 1. The molecule has 1 amide bonds. The molecular formula is C23H18N4O3S. The van der Waals surface area contributed by atoms with Crippen molar-refractivity contribution in [1.82, 2.24) is 10.2 Å². The second-order valence-electron chi connectivity index (χ2n) is 7.34. The lowest BCUT2D eigenvalue weighted by molar-refractivity contribution is -0.111. The van der Waals surface area contributed by atoms with Gasteiger partial charge in [0.15, 0.2) is 0 Å². The number of rotatable bonds is 4. The molecule has 0 radical (unpaired) electrons. The molecule has 4 aromatic rings. The zero-order valence-electron chi connectivity index (χ0n) is 16.3. The molecule has 0 spiro atoms. The lowest BCUT2D eigenvalue weighted by atomic mass is 10.0. The smallest absolute Gasteiger partial charge is 0.255 e. The molecule has 0 aliphatic heterocycles. The van der Waals surface area contributed by atoms with E-state index in [0.29, 0.717) is 22.5 Å². The third-order valence-corrected chi connectivity index (χ3v) is 6.25. The molecule has 1 aliphatic carbocycles. The Hall–Kier alpha value is -3.75. The molecule has 8 heteroatoms. The van der Waals surface area contributed by atoms with Gasteiger partial charge in [0.25, 0.3) is 5.91 Å². The van der Waals surface area contributed by atoms with Gasteiger partial charge in [-0.05, 0) is 47.9 Å². The van der Waals surface area contributed by atoms with Gasteiger partial charge in [-0.1, -0.05) is 42.5 Å². The Kier molecular flexibility index (Phi) is 4.46. The highest BCUT2D eigenvalue weighted by molar-refractivity contribution is 7.89. The quantitative estimate of drug-likeness (QED) is 0.459. The van der Waals surface area contributed by atoms with Crippen molar-refractivity contribution in [2.45, 2.75) is 11.3 Å². The van der Waals surface area contributed by atoms with E-state index in [4.69, 9.17) is 5.14 Å². The van der Waals surface area contributed by atoms with Crippen LogP contribution in [-0.2, 0) is 21.2 Å². The number of H-pyrrole nitrogens is 1. The van der Waals surface area contributed by atoms with Crippen LogP contribution < -0.4 is 10.5 Å². The third kappa shape index (κ3) is 3.52. The Labute approximate surface area is 178 Å². The average Bonchev–Trinajstić information content (AvgIpc) is 3.37. The number of fused-ring (bicyclic) bond motifs is 2. The van der Waals surface area contributed by atoms with Gasteiger partial charge in [-0.3, -0.25) is 9.89 Å². The van der Waals surface area contributed by atoms with Crippen molar-refractivity contribution < 1.29 is 13.2 Å². The van der Waals surface area contributed by atoms with Crippen LogP contribution in [0.25, 0.3) is 27.7 Å². The standard InChI is InChI=1S/C23H18N4O3S/c24-31(29,30)17-6-3-5-15(12-17)22-20-13-16(9-11-21(20)26-27-22)25-23(28)19-10-8-14-4-1-2-7-18(14)19/h1-7,9-13H,8H2,(H,25,28)(H,26,27)(H2,24,29,30). The number of nitrogens with two attached hydrogens (primary N) is 1. The van der Waals surface area contributed by atoms with Crippen molar-refractivity contribution in [1.29, 1.82) is 0 Å². The molecule has 7 nitrogen and oxygen atoms in total. The lowest BCUT2D eigenvalue weighted by Crippen LogP contribution is -2.12. The summed E-state index contributed by atoms with van der Waals surface area (Å²) in [4.78, 5) is 12.9. The number of nitrogens with zero attached hydrogens (tertiary/aromatic N) is 1. The summed E-state index contributed by atoms with van der Waals surface area (Å²) in [5, 5.41) is 16.2. The number of sulfonamides is 1. The number of anilines is 1. The number of aromatic amines is 1. The zero-order valence-corrected chi connectivity index (χ0v) is 17.1.